The van der Waals surface area contributed by atoms with Crippen molar-refractivity contribution in [3.8, 4) is 0 Å². The van der Waals surface area contributed by atoms with Crippen molar-refractivity contribution in [1.82, 2.24) is 0 Å². The summed E-state index contributed by atoms with van der Waals surface area (Å²) in [5.74, 6) is 3.18. The van der Waals surface area contributed by atoms with Gasteiger partial charge in [-0.1, -0.05) is 83.4 Å². The third kappa shape index (κ3) is 6.05. The van der Waals surface area contributed by atoms with E-state index in [0.717, 1.165) is 23.7 Å². The summed E-state index contributed by atoms with van der Waals surface area (Å²) in [6, 6.07) is 0. The van der Waals surface area contributed by atoms with Gasteiger partial charge in [0.2, 0.25) is 0 Å². The van der Waals surface area contributed by atoms with Crippen LogP contribution < -0.4 is 0 Å². The monoisotopic (exact) mass is 498 g/mol. The minimum atomic E-state index is -0.245. The van der Waals surface area contributed by atoms with Crippen LogP contribution in [-0.2, 0) is 9.53 Å². The predicted molar refractivity (Wildman–Crippen MR) is 156 cm³/mol. The molecule has 6 unspecified atom stereocenters. The molecule has 0 N–H and O–H groups in total. The summed E-state index contributed by atoms with van der Waals surface area (Å²) in [4.78, 5) is 9.59. The molecule has 206 valence electrons. The Morgan fingerprint density at radius 2 is 1.61 bits per heavy atom. The molecule has 0 spiro atoms. The van der Waals surface area contributed by atoms with Crippen LogP contribution in [0, 0.1) is 39.9 Å². The van der Waals surface area contributed by atoms with Gasteiger partial charge >= 0.3 is 5.97 Å². The maximum absolute atomic E-state index is 9.59. The fraction of sp³-hybridized carbons (Fsp3) is 0.794. The number of hydrogen-bond donors (Lipinski definition) is 0. The van der Waals surface area contributed by atoms with E-state index >= 15 is 0 Å². The summed E-state index contributed by atoms with van der Waals surface area (Å²) in [7, 11) is 1.35. The first-order valence-electron chi connectivity index (χ1n) is 15.0. The zero-order chi connectivity index (χ0) is 27.3. The van der Waals surface area contributed by atoms with Crippen molar-refractivity contribution in [3.63, 3.8) is 0 Å². The van der Waals surface area contributed by atoms with Gasteiger partial charge in [-0.25, -0.2) is 0 Å². The van der Waals surface area contributed by atoms with Gasteiger partial charge in [-0.3, -0.25) is 4.79 Å². The summed E-state index contributed by atoms with van der Waals surface area (Å²) in [5.41, 5.74) is 6.46. The molecule has 0 aromatic rings. The third-order valence-electron chi connectivity index (χ3n) is 10.8. The van der Waals surface area contributed by atoms with Crippen LogP contribution in [0.5, 0.6) is 0 Å². The molecule has 0 aromatic carbocycles. The Kier molecular flexibility index (Phi) is 10.7. The number of unbranched alkanes of at least 4 members (excludes halogenated alkanes) is 1. The number of rotatable bonds is 4. The molecule has 0 amide bonds. The first-order valence-corrected chi connectivity index (χ1v) is 15.0. The highest BCUT2D eigenvalue weighted by atomic mass is 16.5. The molecule has 36 heavy (non-hydrogen) atoms. The van der Waals surface area contributed by atoms with Crippen molar-refractivity contribution < 1.29 is 9.53 Å². The molecule has 3 fully saturated rings. The van der Waals surface area contributed by atoms with Gasteiger partial charge in [0.05, 0.1) is 7.11 Å². The highest BCUT2D eigenvalue weighted by Gasteiger charge is 2.57. The fourth-order valence-corrected chi connectivity index (χ4v) is 8.21. The second-order valence-electron chi connectivity index (χ2n) is 13.2. The molecule has 0 radical (unpaired) electrons. The van der Waals surface area contributed by atoms with E-state index in [2.05, 4.69) is 71.4 Å². The molecule has 0 saturated heterocycles. The summed E-state index contributed by atoms with van der Waals surface area (Å²) < 4.78 is 4.11. The molecule has 4 aliphatic rings. The van der Waals surface area contributed by atoms with Crippen molar-refractivity contribution in [2.24, 2.45) is 39.9 Å². The normalized spacial score (nSPS) is 35.6. The molecule has 2 heteroatoms. The summed E-state index contributed by atoms with van der Waals surface area (Å²) >= 11 is 0. The molecule has 2 nitrogen and oxygen atoms in total. The average molecular weight is 499 g/mol. The first kappa shape index (κ1) is 30.9. The second-order valence-corrected chi connectivity index (χ2v) is 13.2. The smallest absolute Gasteiger partial charge is 0.302 e. The van der Waals surface area contributed by atoms with Crippen molar-refractivity contribution in [1.29, 1.82) is 0 Å². The predicted octanol–water partition coefficient (Wildman–Crippen LogP) is 10.1. The Balaban J connectivity index is 0.000000583. The quantitative estimate of drug-likeness (QED) is 0.219. The SMILES string of the molecule is CC.CC(C)=CCCCC1CCC2C3=CC=C4C(C)(C)C(C)CCC4(C)C3CCC12C.COC(C)=O. The van der Waals surface area contributed by atoms with E-state index in [1.807, 2.05) is 19.4 Å². The van der Waals surface area contributed by atoms with E-state index in [0.29, 0.717) is 16.2 Å². The maximum atomic E-state index is 9.59. The number of fused-ring (bicyclic) bond motifs is 5. The lowest BCUT2D eigenvalue weighted by atomic mass is 9.46. The van der Waals surface area contributed by atoms with Gasteiger partial charge < -0.3 is 4.74 Å². The Morgan fingerprint density at radius 3 is 2.19 bits per heavy atom. The van der Waals surface area contributed by atoms with Crippen LogP contribution in [0.4, 0.5) is 0 Å². The van der Waals surface area contributed by atoms with E-state index in [9.17, 15) is 4.79 Å². The van der Waals surface area contributed by atoms with E-state index in [1.165, 1.54) is 77.4 Å². The molecule has 0 aromatic heterocycles. The average Bonchev–Trinajstić information content (AvgIpc) is 3.17. The Labute approximate surface area is 224 Å². The minimum absolute atomic E-state index is 0.245. The van der Waals surface area contributed by atoms with E-state index in [-0.39, 0.29) is 5.97 Å². The number of ether oxygens (including phenoxy) is 1. The first-order chi connectivity index (χ1) is 16.9. The second kappa shape index (κ2) is 12.5. The summed E-state index contributed by atoms with van der Waals surface area (Å²) in [6.45, 7) is 22.7. The molecular weight excluding hydrogens is 440 g/mol. The minimum Gasteiger partial charge on any atom is -0.469 e. The van der Waals surface area contributed by atoms with Crippen LogP contribution in [-0.4, -0.2) is 13.1 Å². The van der Waals surface area contributed by atoms with Crippen LogP contribution in [0.1, 0.15) is 127 Å². The molecule has 0 bridgehead atoms. The topological polar surface area (TPSA) is 26.3 Å². The highest BCUT2D eigenvalue weighted by Crippen LogP contribution is 2.67. The molecule has 0 aliphatic heterocycles. The molecular formula is C34H58O2. The third-order valence-corrected chi connectivity index (χ3v) is 10.8. The maximum Gasteiger partial charge on any atom is 0.302 e. The van der Waals surface area contributed by atoms with Crippen LogP contribution in [0.3, 0.4) is 0 Å². The number of methoxy groups -OCH3 is 1. The van der Waals surface area contributed by atoms with E-state index in [1.54, 1.807) is 5.57 Å². The Morgan fingerprint density at radius 1 is 0.972 bits per heavy atom. The standard InChI is InChI=1S/C29H46.C3H6O2.C2H6/c1-20(2)10-8-9-11-22-12-14-24-23-13-15-26-27(4,5)21(3)16-18-29(26,7)25(23)17-19-28(22,24)6;1-3(4)5-2;1-2/h10,13,15,21-22,24-25H,8-9,11-12,14,16-19H2,1-7H3;1-2H3;1-2H3. The lowest BCUT2D eigenvalue weighted by molar-refractivity contribution is -0.137. The number of hydrogen-bond acceptors (Lipinski definition) is 2. The summed E-state index contributed by atoms with van der Waals surface area (Å²) in [5, 5.41) is 0. The van der Waals surface area contributed by atoms with Gasteiger partial charge in [-0.05, 0) is 112 Å². The van der Waals surface area contributed by atoms with E-state index < -0.39 is 0 Å². The fourth-order valence-electron chi connectivity index (χ4n) is 8.21. The Bertz CT molecular complexity index is 839. The van der Waals surface area contributed by atoms with Gasteiger partial charge in [-0.2, -0.15) is 0 Å². The molecule has 4 rings (SSSR count). The number of carbonyl (C=O) groups excluding carboxylic acids is 1. The molecule has 6 atom stereocenters. The zero-order valence-electron chi connectivity index (χ0n) is 25.7. The number of allylic oxidation sites excluding steroid dienone is 6. The highest BCUT2D eigenvalue weighted by molar-refractivity contribution is 5.65. The largest absolute Gasteiger partial charge is 0.469 e. The van der Waals surface area contributed by atoms with Crippen LogP contribution in [0.2, 0.25) is 0 Å². The van der Waals surface area contributed by atoms with Crippen LogP contribution >= 0.6 is 0 Å². The van der Waals surface area contributed by atoms with Gasteiger partial charge in [0.15, 0.2) is 0 Å². The van der Waals surface area contributed by atoms with Crippen molar-refractivity contribution in [3.05, 3.63) is 34.9 Å². The van der Waals surface area contributed by atoms with Crippen LogP contribution in [0.15, 0.2) is 34.9 Å². The van der Waals surface area contributed by atoms with Crippen molar-refractivity contribution in [2.75, 3.05) is 7.11 Å². The van der Waals surface area contributed by atoms with E-state index in [4.69, 9.17) is 0 Å². The van der Waals surface area contributed by atoms with Gasteiger partial charge in [-0.15, -0.1) is 0 Å². The zero-order valence-corrected chi connectivity index (χ0v) is 25.7. The number of esters is 1. The van der Waals surface area contributed by atoms with Gasteiger partial charge in [0, 0.05) is 6.92 Å². The van der Waals surface area contributed by atoms with Gasteiger partial charge in [0.25, 0.3) is 0 Å². The lowest BCUT2D eigenvalue weighted by Crippen LogP contribution is -2.49. The summed E-state index contributed by atoms with van der Waals surface area (Å²) in [6.07, 6.45) is 20.4. The van der Waals surface area contributed by atoms with Crippen molar-refractivity contribution >= 4 is 5.97 Å². The Hall–Kier alpha value is -1.31. The van der Waals surface area contributed by atoms with Crippen LogP contribution in [0.25, 0.3) is 0 Å². The van der Waals surface area contributed by atoms with Gasteiger partial charge in [0.1, 0.15) is 0 Å². The molecule has 0 heterocycles. The lowest BCUT2D eigenvalue weighted by Gasteiger charge is -2.59. The molecule has 3 saturated carbocycles. The number of carbonyl (C=O) groups is 1. The molecule has 4 aliphatic carbocycles. The van der Waals surface area contributed by atoms with Crippen molar-refractivity contribution in [2.45, 2.75) is 127 Å².